The zero-order chi connectivity index (χ0) is 17.4. The number of rotatable bonds is 5. The highest BCUT2D eigenvalue weighted by Crippen LogP contribution is 2.43. The molecule has 1 heterocycles. The molecule has 24 heavy (non-hydrogen) atoms. The minimum atomic E-state index is -3.46. The summed E-state index contributed by atoms with van der Waals surface area (Å²) >= 11 is 0. The van der Waals surface area contributed by atoms with E-state index in [2.05, 4.69) is 29.2 Å². The SMILES string of the molecule is CC1(C)C(OS(C)(=O)=O)CN1C(c1ccccc1)c1ccccc1. The molecule has 128 valence electrons. The Morgan fingerprint density at radius 3 is 1.83 bits per heavy atom. The Morgan fingerprint density at radius 2 is 1.46 bits per heavy atom. The van der Waals surface area contributed by atoms with E-state index in [0.717, 1.165) is 6.26 Å². The van der Waals surface area contributed by atoms with Crippen LogP contribution in [0.25, 0.3) is 0 Å². The van der Waals surface area contributed by atoms with E-state index >= 15 is 0 Å². The second kappa shape index (κ2) is 6.31. The van der Waals surface area contributed by atoms with Crippen LogP contribution in [0.4, 0.5) is 0 Å². The first-order chi connectivity index (χ1) is 11.3. The van der Waals surface area contributed by atoms with Gasteiger partial charge in [0.2, 0.25) is 0 Å². The van der Waals surface area contributed by atoms with Crippen LogP contribution >= 0.6 is 0 Å². The van der Waals surface area contributed by atoms with Crippen LogP contribution in [0.3, 0.4) is 0 Å². The second-order valence-electron chi connectivity index (χ2n) is 6.82. The lowest BCUT2D eigenvalue weighted by atomic mass is 9.80. The van der Waals surface area contributed by atoms with Gasteiger partial charge in [-0.15, -0.1) is 0 Å². The van der Waals surface area contributed by atoms with Crippen molar-refractivity contribution in [3.8, 4) is 0 Å². The van der Waals surface area contributed by atoms with E-state index in [4.69, 9.17) is 4.18 Å². The number of hydrogen-bond donors (Lipinski definition) is 0. The Balaban J connectivity index is 1.94. The van der Waals surface area contributed by atoms with Gasteiger partial charge in [-0.3, -0.25) is 9.08 Å². The Hall–Kier alpha value is -1.69. The van der Waals surface area contributed by atoms with Crippen molar-refractivity contribution in [1.82, 2.24) is 4.90 Å². The van der Waals surface area contributed by atoms with Crippen LogP contribution in [0, 0.1) is 0 Å². The predicted molar refractivity (Wildman–Crippen MR) is 95.2 cm³/mol. The molecule has 1 fully saturated rings. The van der Waals surface area contributed by atoms with Crippen LogP contribution in [-0.4, -0.2) is 37.8 Å². The van der Waals surface area contributed by atoms with Crippen molar-refractivity contribution in [2.75, 3.05) is 12.8 Å². The van der Waals surface area contributed by atoms with Crippen molar-refractivity contribution < 1.29 is 12.6 Å². The fourth-order valence-corrected chi connectivity index (χ4v) is 4.05. The van der Waals surface area contributed by atoms with Gasteiger partial charge in [-0.25, -0.2) is 0 Å². The summed E-state index contributed by atoms with van der Waals surface area (Å²) < 4.78 is 28.3. The molecule has 0 amide bonds. The van der Waals surface area contributed by atoms with Crippen molar-refractivity contribution in [2.24, 2.45) is 0 Å². The maximum atomic E-state index is 11.5. The van der Waals surface area contributed by atoms with Gasteiger partial charge in [-0.05, 0) is 25.0 Å². The average molecular weight is 345 g/mol. The Bertz CT molecular complexity index is 748. The van der Waals surface area contributed by atoms with E-state index in [-0.39, 0.29) is 17.7 Å². The minimum absolute atomic E-state index is 0.0711. The molecule has 1 aliphatic heterocycles. The molecule has 1 unspecified atom stereocenters. The molecule has 0 aliphatic carbocycles. The lowest BCUT2D eigenvalue weighted by molar-refractivity contribution is -0.117. The summed E-state index contributed by atoms with van der Waals surface area (Å²) in [6, 6.07) is 20.6. The molecule has 2 aromatic carbocycles. The summed E-state index contributed by atoms with van der Waals surface area (Å²) in [6.45, 7) is 4.64. The maximum absolute atomic E-state index is 11.5. The first-order valence-corrected chi connectivity index (χ1v) is 9.85. The van der Waals surface area contributed by atoms with E-state index in [1.807, 2.05) is 50.2 Å². The van der Waals surface area contributed by atoms with Gasteiger partial charge in [-0.1, -0.05) is 60.7 Å². The summed E-state index contributed by atoms with van der Waals surface area (Å²) in [5.41, 5.74) is 2.00. The molecule has 1 aliphatic rings. The molecule has 0 aromatic heterocycles. The first-order valence-electron chi connectivity index (χ1n) is 8.04. The highest BCUT2D eigenvalue weighted by Gasteiger charge is 2.52. The van der Waals surface area contributed by atoms with E-state index in [0.29, 0.717) is 6.54 Å². The van der Waals surface area contributed by atoms with E-state index in [9.17, 15) is 8.42 Å². The molecule has 1 atom stereocenters. The molecular formula is C19H23NO3S. The average Bonchev–Trinajstić information content (AvgIpc) is 2.55. The lowest BCUT2D eigenvalue weighted by Gasteiger charge is -2.57. The highest BCUT2D eigenvalue weighted by molar-refractivity contribution is 7.86. The topological polar surface area (TPSA) is 46.6 Å². The molecule has 0 spiro atoms. The number of hydrogen-bond acceptors (Lipinski definition) is 4. The molecule has 5 heteroatoms. The van der Waals surface area contributed by atoms with Crippen molar-refractivity contribution in [1.29, 1.82) is 0 Å². The van der Waals surface area contributed by atoms with Crippen LogP contribution in [-0.2, 0) is 14.3 Å². The lowest BCUT2D eigenvalue weighted by Crippen LogP contribution is -2.69. The normalized spacial score (nSPS) is 20.8. The predicted octanol–water partition coefficient (Wildman–Crippen LogP) is 3.22. The Labute approximate surface area is 144 Å². The van der Waals surface area contributed by atoms with E-state index < -0.39 is 10.1 Å². The zero-order valence-electron chi connectivity index (χ0n) is 14.2. The summed E-state index contributed by atoms with van der Waals surface area (Å²) in [5.74, 6) is 0. The molecule has 0 N–H and O–H groups in total. The van der Waals surface area contributed by atoms with Gasteiger partial charge in [0.1, 0.15) is 6.10 Å². The molecule has 3 rings (SSSR count). The third kappa shape index (κ3) is 3.38. The smallest absolute Gasteiger partial charge is 0.264 e. The van der Waals surface area contributed by atoms with Crippen LogP contribution in [0.15, 0.2) is 60.7 Å². The van der Waals surface area contributed by atoms with Crippen molar-refractivity contribution >= 4 is 10.1 Å². The van der Waals surface area contributed by atoms with Crippen molar-refractivity contribution in [2.45, 2.75) is 31.5 Å². The highest BCUT2D eigenvalue weighted by atomic mass is 32.2. The van der Waals surface area contributed by atoms with Crippen LogP contribution in [0.2, 0.25) is 0 Å². The molecule has 4 nitrogen and oxygen atoms in total. The number of nitrogens with zero attached hydrogens (tertiary/aromatic N) is 1. The maximum Gasteiger partial charge on any atom is 0.264 e. The molecular weight excluding hydrogens is 322 g/mol. The van der Waals surface area contributed by atoms with Crippen LogP contribution < -0.4 is 0 Å². The van der Waals surface area contributed by atoms with E-state index in [1.54, 1.807) is 0 Å². The zero-order valence-corrected chi connectivity index (χ0v) is 15.0. The third-order valence-electron chi connectivity index (χ3n) is 4.72. The molecule has 0 bridgehead atoms. The molecule has 0 radical (unpaired) electrons. The van der Waals surface area contributed by atoms with Crippen LogP contribution in [0.1, 0.15) is 31.0 Å². The largest absolute Gasteiger partial charge is 0.282 e. The Morgan fingerprint density at radius 1 is 1.00 bits per heavy atom. The fourth-order valence-electron chi connectivity index (χ4n) is 3.33. The van der Waals surface area contributed by atoms with Crippen LogP contribution in [0.5, 0.6) is 0 Å². The summed E-state index contributed by atoms with van der Waals surface area (Å²) in [5, 5.41) is 0. The Kier molecular flexibility index (Phi) is 4.51. The van der Waals surface area contributed by atoms with Gasteiger partial charge < -0.3 is 0 Å². The standard InChI is InChI=1S/C19H23NO3S/c1-19(2)17(23-24(3,21)22)14-20(19)18(15-10-6-4-7-11-15)16-12-8-5-9-13-16/h4-13,17-18H,14H2,1-3H3. The fraction of sp³-hybridized carbons (Fsp3) is 0.368. The van der Waals surface area contributed by atoms with Gasteiger partial charge in [0.05, 0.1) is 12.3 Å². The summed E-state index contributed by atoms with van der Waals surface area (Å²) in [6.07, 6.45) is 0.778. The monoisotopic (exact) mass is 345 g/mol. The second-order valence-corrected chi connectivity index (χ2v) is 8.42. The minimum Gasteiger partial charge on any atom is -0.282 e. The summed E-state index contributed by atoms with van der Waals surface area (Å²) in [4.78, 5) is 2.30. The van der Waals surface area contributed by atoms with Crippen molar-refractivity contribution in [3.63, 3.8) is 0 Å². The van der Waals surface area contributed by atoms with Crippen molar-refractivity contribution in [3.05, 3.63) is 71.8 Å². The van der Waals surface area contributed by atoms with Gasteiger partial charge >= 0.3 is 0 Å². The van der Waals surface area contributed by atoms with E-state index in [1.165, 1.54) is 11.1 Å². The third-order valence-corrected chi connectivity index (χ3v) is 5.31. The number of benzene rings is 2. The summed E-state index contributed by atoms with van der Waals surface area (Å²) in [7, 11) is -3.46. The molecule has 1 saturated heterocycles. The molecule has 0 saturated carbocycles. The van der Waals surface area contributed by atoms with Gasteiger partial charge in [0, 0.05) is 12.1 Å². The molecule has 2 aromatic rings. The first kappa shape index (κ1) is 17.1. The quantitative estimate of drug-likeness (QED) is 0.781. The number of likely N-dealkylation sites (tertiary alicyclic amines) is 1. The van der Waals surface area contributed by atoms with Gasteiger partial charge in [0.25, 0.3) is 10.1 Å². The van der Waals surface area contributed by atoms with Gasteiger partial charge in [0.15, 0.2) is 0 Å². The van der Waals surface area contributed by atoms with Gasteiger partial charge in [-0.2, -0.15) is 8.42 Å².